The molecule has 0 saturated carbocycles. The second kappa shape index (κ2) is 6.35. The fraction of sp³-hybridized carbons (Fsp3) is 0.538. The van der Waals surface area contributed by atoms with Crippen molar-refractivity contribution in [1.29, 1.82) is 0 Å². The summed E-state index contributed by atoms with van der Waals surface area (Å²) < 4.78 is 0. The zero-order valence-corrected chi connectivity index (χ0v) is 10.4. The van der Waals surface area contributed by atoms with Crippen molar-refractivity contribution in [2.75, 3.05) is 19.7 Å². The monoisotopic (exact) mass is 249 g/mol. The number of carbonyl (C=O) groups is 1. The molecule has 1 fully saturated rings. The zero-order chi connectivity index (χ0) is 12.8. The summed E-state index contributed by atoms with van der Waals surface area (Å²) >= 11 is 0. The van der Waals surface area contributed by atoms with Gasteiger partial charge in [0, 0.05) is 25.5 Å². The first-order chi connectivity index (χ1) is 8.81. The molecule has 2 N–H and O–H groups in total. The molecule has 1 unspecified atom stereocenters. The number of aliphatic hydroxyl groups is 1. The summed E-state index contributed by atoms with van der Waals surface area (Å²) in [5.41, 5.74) is 1.11. The Kier molecular flexibility index (Phi) is 4.52. The molecule has 0 radical (unpaired) electrons. The second-order valence-corrected chi connectivity index (χ2v) is 4.52. The number of nitrogens with one attached hydrogen (secondary N) is 1. The van der Waals surface area contributed by atoms with Gasteiger partial charge in [0.15, 0.2) is 0 Å². The number of likely N-dealkylation sites (tertiary alicyclic amines) is 1. The highest BCUT2D eigenvalue weighted by atomic mass is 16.3. The summed E-state index contributed by atoms with van der Waals surface area (Å²) in [7, 11) is 0. The van der Waals surface area contributed by atoms with Gasteiger partial charge in [0.2, 0.25) is 0 Å². The molecule has 0 aromatic carbocycles. The molecule has 1 aromatic heterocycles. The predicted octanol–water partition coefficient (Wildman–Crippen LogP) is 0.790. The van der Waals surface area contributed by atoms with E-state index in [4.69, 9.17) is 5.11 Å². The quantitative estimate of drug-likeness (QED) is 0.829. The maximum absolute atomic E-state index is 11.9. The molecule has 0 spiro atoms. The Hall–Kier alpha value is -1.62. The minimum absolute atomic E-state index is 0.0107. The average molecular weight is 249 g/mol. The third kappa shape index (κ3) is 3.20. The third-order valence-electron chi connectivity index (χ3n) is 3.26. The number of amides is 2. The normalized spacial score (nSPS) is 18.9. The van der Waals surface area contributed by atoms with Gasteiger partial charge < -0.3 is 15.3 Å². The number of hydrogen-bond acceptors (Lipinski definition) is 3. The van der Waals surface area contributed by atoms with Crippen LogP contribution in [0.3, 0.4) is 0 Å². The topological polar surface area (TPSA) is 65.5 Å². The Morgan fingerprint density at radius 2 is 2.50 bits per heavy atom. The summed E-state index contributed by atoms with van der Waals surface area (Å²) in [5, 5.41) is 12.0. The number of aromatic nitrogens is 1. The Morgan fingerprint density at radius 3 is 3.22 bits per heavy atom. The molecule has 5 heteroatoms. The fourth-order valence-corrected chi connectivity index (χ4v) is 2.25. The number of nitrogens with zero attached hydrogens (tertiary/aromatic N) is 2. The van der Waals surface area contributed by atoms with E-state index in [0.717, 1.165) is 31.4 Å². The van der Waals surface area contributed by atoms with E-state index < -0.39 is 0 Å². The Bertz CT molecular complexity index is 383. The second-order valence-electron chi connectivity index (χ2n) is 4.52. The average Bonchev–Trinajstić information content (AvgIpc) is 2.88. The highest BCUT2D eigenvalue weighted by Crippen LogP contribution is 2.16. The lowest BCUT2D eigenvalue weighted by molar-refractivity contribution is 0.157. The van der Waals surface area contributed by atoms with E-state index in [-0.39, 0.29) is 18.7 Å². The van der Waals surface area contributed by atoms with Gasteiger partial charge in [0.1, 0.15) is 0 Å². The molecule has 0 aliphatic carbocycles. The molecule has 1 aliphatic heterocycles. The van der Waals surface area contributed by atoms with Crippen LogP contribution >= 0.6 is 0 Å². The molecular formula is C13H19N3O2. The molecule has 2 amide bonds. The molecule has 98 valence electrons. The fourth-order valence-electron chi connectivity index (χ4n) is 2.25. The summed E-state index contributed by atoms with van der Waals surface area (Å²) in [5.74, 6) is 0. The molecule has 2 heterocycles. The van der Waals surface area contributed by atoms with E-state index in [1.807, 2.05) is 12.1 Å². The van der Waals surface area contributed by atoms with Crippen molar-refractivity contribution in [3.8, 4) is 0 Å². The summed E-state index contributed by atoms with van der Waals surface area (Å²) in [6, 6.07) is 3.80. The van der Waals surface area contributed by atoms with E-state index in [1.54, 1.807) is 17.3 Å². The van der Waals surface area contributed by atoms with Crippen LogP contribution in [-0.2, 0) is 6.42 Å². The molecule has 1 saturated heterocycles. The van der Waals surface area contributed by atoms with Crippen LogP contribution in [0.2, 0.25) is 0 Å². The van der Waals surface area contributed by atoms with Gasteiger partial charge in [-0.3, -0.25) is 4.98 Å². The molecule has 0 bridgehead atoms. The first-order valence-electron chi connectivity index (χ1n) is 6.35. The Morgan fingerprint density at radius 1 is 1.61 bits per heavy atom. The number of pyridine rings is 1. The van der Waals surface area contributed by atoms with Gasteiger partial charge >= 0.3 is 6.03 Å². The molecule has 1 aliphatic rings. The highest BCUT2D eigenvalue weighted by molar-refractivity contribution is 5.74. The van der Waals surface area contributed by atoms with Crippen LogP contribution in [0.25, 0.3) is 0 Å². The zero-order valence-electron chi connectivity index (χ0n) is 10.4. The number of urea groups is 1. The van der Waals surface area contributed by atoms with Gasteiger partial charge in [0.25, 0.3) is 0 Å². The Labute approximate surface area is 107 Å². The van der Waals surface area contributed by atoms with Crippen LogP contribution in [0, 0.1) is 0 Å². The number of rotatable bonds is 4. The van der Waals surface area contributed by atoms with Gasteiger partial charge in [-0.25, -0.2) is 4.79 Å². The van der Waals surface area contributed by atoms with Crippen LogP contribution in [-0.4, -0.2) is 46.8 Å². The third-order valence-corrected chi connectivity index (χ3v) is 3.26. The number of aliphatic hydroxyl groups excluding tert-OH is 1. The van der Waals surface area contributed by atoms with Crippen LogP contribution in [0.5, 0.6) is 0 Å². The van der Waals surface area contributed by atoms with E-state index in [9.17, 15) is 4.79 Å². The maximum Gasteiger partial charge on any atom is 0.317 e. The smallest absolute Gasteiger partial charge is 0.317 e. The lowest BCUT2D eigenvalue weighted by Crippen LogP contribution is -2.44. The predicted molar refractivity (Wildman–Crippen MR) is 68.2 cm³/mol. The summed E-state index contributed by atoms with van der Waals surface area (Å²) in [4.78, 5) is 17.6. The molecule has 18 heavy (non-hydrogen) atoms. The van der Waals surface area contributed by atoms with Crippen LogP contribution < -0.4 is 5.32 Å². The van der Waals surface area contributed by atoms with Crippen molar-refractivity contribution < 1.29 is 9.90 Å². The molecule has 1 atom stereocenters. The van der Waals surface area contributed by atoms with Crippen molar-refractivity contribution >= 4 is 6.03 Å². The Balaban J connectivity index is 1.75. The molecule has 1 aromatic rings. The van der Waals surface area contributed by atoms with Crippen molar-refractivity contribution in [3.05, 3.63) is 30.1 Å². The highest BCUT2D eigenvalue weighted by Gasteiger charge is 2.27. The number of hydrogen-bond donors (Lipinski definition) is 2. The standard InChI is InChI=1S/C13H19N3O2/c17-10-12-4-2-8-16(12)13(18)15-7-5-11-3-1-6-14-9-11/h1,3,6,9,12,17H,2,4-5,7-8,10H2,(H,15,18). The van der Waals surface area contributed by atoms with Gasteiger partial charge in [-0.2, -0.15) is 0 Å². The van der Waals surface area contributed by atoms with Crippen molar-refractivity contribution in [3.63, 3.8) is 0 Å². The lowest BCUT2D eigenvalue weighted by Gasteiger charge is -2.23. The summed E-state index contributed by atoms with van der Waals surface area (Å²) in [6.07, 6.45) is 6.18. The van der Waals surface area contributed by atoms with Crippen molar-refractivity contribution in [1.82, 2.24) is 15.2 Å². The van der Waals surface area contributed by atoms with Crippen molar-refractivity contribution in [2.24, 2.45) is 0 Å². The summed E-state index contributed by atoms with van der Waals surface area (Å²) in [6.45, 7) is 1.39. The van der Waals surface area contributed by atoms with E-state index in [2.05, 4.69) is 10.3 Å². The molecular weight excluding hydrogens is 230 g/mol. The minimum Gasteiger partial charge on any atom is -0.394 e. The van der Waals surface area contributed by atoms with Gasteiger partial charge in [-0.1, -0.05) is 6.07 Å². The lowest BCUT2D eigenvalue weighted by atomic mass is 10.2. The van der Waals surface area contributed by atoms with Gasteiger partial charge in [-0.05, 0) is 30.9 Å². The SMILES string of the molecule is O=C(NCCc1cccnc1)N1CCCC1CO. The van der Waals surface area contributed by atoms with Crippen LogP contribution in [0.4, 0.5) is 4.79 Å². The van der Waals surface area contributed by atoms with E-state index in [1.165, 1.54) is 0 Å². The first-order valence-corrected chi connectivity index (χ1v) is 6.35. The maximum atomic E-state index is 11.9. The molecule has 2 rings (SSSR count). The first kappa shape index (κ1) is 12.8. The number of carbonyl (C=O) groups excluding carboxylic acids is 1. The molecule has 5 nitrogen and oxygen atoms in total. The van der Waals surface area contributed by atoms with Crippen molar-refractivity contribution in [2.45, 2.75) is 25.3 Å². The van der Waals surface area contributed by atoms with Gasteiger partial charge in [0.05, 0.1) is 12.6 Å². The largest absolute Gasteiger partial charge is 0.394 e. The van der Waals surface area contributed by atoms with Crippen LogP contribution in [0.15, 0.2) is 24.5 Å². The van der Waals surface area contributed by atoms with E-state index >= 15 is 0 Å². The van der Waals surface area contributed by atoms with E-state index in [0.29, 0.717) is 6.54 Å². The minimum atomic E-state index is -0.0737. The van der Waals surface area contributed by atoms with Gasteiger partial charge in [-0.15, -0.1) is 0 Å². The van der Waals surface area contributed by atoms with Crippen LogP contribution in [0.1, 0.15) is 18.4 Å².